The summed E-state index contributed by atoms with van der Waals surface area (Å²) in [5, 5.41) is 3.82. The van der Waals surface area contributed by atoms with E-state index in [9.17, 15) is 0 Å². The smallest absolute Gasteiger partial charge is 0.0101 e. The molecule has 2 aliphatic carbocycles. The van der Waals surface area contributed by atoms with Crippen molar-refractivity contribution in [2.24, 2.45) is 17.8 Å². The first kappa shape index (κ1) is 12.4. The Morgan fingerprint density at radius 3 is 2.31 bits per heavy atom. The van der Waals surface area contributed by atoms with Crippen LogP contribution in [0.15, 0.2) is 0 Å². The molecule has 16 heavy (non-hydrogen) atoms. The third kappa shape index (κ3) is 2.80. The molecule has 0 aliphatic heterocycles. The highest BCUT2D eigenvalue weighted by molar-refractivity contribution is 5.04. The van der Waals surface area contributed by atoms with Gasteiger partial charge in [-0.15, -0.1) is 0 Å². The summed E-state index contributed by atoms with van der Waals surface area (Å²) in [5.74, 6) is 3.28. The van der Waals surface area contributed by atoms with E-state index in [4.69, 9.17) is 0 Å². The van der Waals surface area contributed by atoms with Crippen LogP contribution < -0.4 is 5.32 Å². The highest BCUT2D eigenvalue weighted by atomic mass is 14.9. The predicted octanol–water partition coefficient (Wildman–Crippen LogP) is 3.98. The fourth-order valence-corrected chi connectivity index (χ4v) is 3.83. The molecule has 3 atom stereocenters. The molecule has 0 aromatic rings. The summed E-state index contributed by atoms with van der Waals surface area (Å²) in [6.07, 6.45) is 11.6. The van der Waals surface area contributed by atoms with Crippen molar-refractivity contribution >= 4 is 0 Å². The molecule has 2 aliphatic rings. The summed E-state index contributed by atoms with van der Waals surface area (Å²) in [6, 6.07) is 0.855. The predicted molar refractivity (Wildman–Crippen MR) is 70.5 cm³/mol. The normalized spacial score (nSPS) is 34.5. The van der Waals surface area contributed by atoms with Gasteiger partial charge in [0.05, 0.1) is 0 Å². The van der Waals surface area contributed by atoms with Crippen LogP contribution in [0.25, 0.3) is 0 Å². The number of rotatable bonds is 7. The zero-order valence-corrected chi connectivity index (χ0v) is 11.2. The molecule has 0 aromatic heterocycles. The molecule has 2 rings (SSSR count). The van der Waals surface area contributed by atoms with E-state index in [2.05, 4.69) is 19.2 Å². The Morgan fingerprint density at radius 2 is 1.75 bits per heavy atom. The Labute approximate surface area is 101 Å². The number of unbranched alkanes of at least 4 members (excludes halogenated alkanes) is 1. The van der Waals surface area contributed by atoms with E-state index in [1.165, 1.54) is 57.9 Å². The molecule has 2 fully saturated rings. The van der Waals surface area contributed by atoms with E-state index >= 15 is 0 Å². The Morgan fingerprint density at radius 1 is 1.06 bits per heavy atom. The number of fused-ring (bicyclic) bond motifs is 1. The number of hydrogen-bond acceptors (Lipinski definition) is 1. The summed E-state index contributed by atoms with van der Waals surface area (Å²) in [6.45, 7) is 5.82. The minimum Gasteiger partial charge on any atom is -0.314 e. The van der Waals surface area contributed by atoms with Gasteiger partial charge in [-0.1, -0.05) is 39.5 Å². The van der Waals surface area contributed by atoms with Crippen molar-refractivity contribution in [1.29, 1.82) is 0 Å². The number of nitrogens with one attached hydrogen (secondary N) is 1. The second-order valence-electron chi connectivity index (χ2n) is 5.89. The van der Waals surface area contributed by atoms with Crippen LogP contribution in [-0.4, -0.2) is 12.6 Å². The third-order valence-corrected chi connectivity index (χ3v) is 4.71. The molecule has 0 amide bonds. The molecule has 2 saturated carbocycles. The average molecular weight is 223 g/mol. The fourth-order valence-electron chi connectivity index (χ4n) is 3.83. The minimum absolute atomic E-state index is 0.855. The largest absolute Gasteiger partial charge is 0.314 e. The topological polar surface area (TPSA) is 12.0 Å². The molecule has 94 valence electrons. The second-order valence-corrected chi connectivity index (χ2v) is 5.89. The molecule has 0 saturated heterocycles. The molecule has 0 aromatic carbocycles. The number of hydrogen-bond donors (Lipinski definition) is 1. The van der Waals surface area contributed by atoms with Gasteiger partial charge in [-0.25, -0.2) is 0 Å². The van der Waals surface area contributed by atoms with Crippen LogP contribution in [0.1, 0.15) is 65.2 Å². The van der Waals surface area contributed by atoms with Gasteiger partial charge in [0.25, 0.3) is 0 Å². The van der Waals surface area contributed by atoms with Crippen LogP contribution in [0.5, 0.6) is 0 Å². The van der Waals surface area contributed by atoms with Crippen molar-refractivity contribution in [3.05, 3.63) is 0 Å². The van der Waals surface area contributed by atoms with Gasteiger partial charge in [0.15, 0.2) is 0 Å². The molecular weight excluding hydrogens is 194 g/mol. The van der Waals surface area contributed by atoms with Gasteiger partial charge >= 0.3 is 0 Å². The summed E-state index contributed by atoms with van der Waals surface area (Å²) in [4.78, 5) is 0. The van der Waals surface area contributed by atoms with Crippen molar-refractivity contribution in [3.8, 4) is 0 Å². The zero-order chi connectivity index (χ0) is 11.4. The van der Waals surface area contributed by atoms with Crippen LogP contribution in [0, 0.1) is 17.8 Å². The summed E-state index contributed by atoms with van der Waals surface area (Å²) < 4.78 is 0. The van der Waals surface area contributed by atoms with Gasteiger partial charge < -0.3 is 5.32 Å². The van der Waals surface area contributed by atoms with Crippen molar-refractivity contribution in [2.45, 2.75) is 71.3 Å². The fraction of sp³-hybridized carbons (Fsp3) is 1.00. The monoisotopic (exact) mass is 223 g/mol. The highest BCUT2D eigenvalue weighted by Crippen LogP contribution is 2.57. The first-order valence-electron chi connectivity index (χ1n) is 7.61. The first-order chi connectivity index (χ1) is 7.88. The SMILES string of the molecule is CCCCC(NCCC)C1C2CCCCC21. The van der Waals surface area contributed by atoms with E-state index in [1.54, 1.807) is 0 Å². The summed E-state index contributed by atoms with van der Waals surface area (Å²) >= 11 is 0. The van der Waals surface area contributed by atoms with Crippen LogP contribution in [-0.2, 0) is 0 Å². The quantitative estimate of drug-likeness (QED) is 0.688. The van der Waals surface area contributed by atoms with Gasteiger partial charge in [-0.05, 0) is 50.0 Å². The average Bonchev–Trinajstić information content (AvgIpc) is 3.04. The first-order valence-corrected chi connectivity index (χ1v) is 7.61. The molecule has 0 bridgehead atoms. The zero-order valence-electron chi connectivity index (χ0n) is 11.2. The van der Waals surface area contributed by atoms with E-state index in [0.29, 0.717) is 0 Å². The van der Waals surface area contributed by atoms with Crippen LogP contribution in [0.2, 0.25) is 0 Å². The van der Waals surface area contributed by atoms with Crippen molar-refractivity contribution < 1.29 is 0 Å². The van der Waals surface area contributed by atoms with Crippen LogP contribution in [0.4, 0.5) is 0 Å². The van der Waals surface area contributed by atoms with Crippen molar-refractivity contribution in [2.75, 3.05) is 6.54 Å². The Bertz CT molecular complexity index is 182. The summed E-state index contributed by atoms with van der Waals surface area (Å²) in [5.41, 5.74) is 0. The lowest BCUT2D eigenvalue weighted by Gasteiger charge is -2.18. The van der Waals surface area contributed by atoms with Crippen molar-refractivity contribution in [1.82, 2.24) is 5.32 Å². The van der Waals surface area contributed by atoms with Gasteiger partial charge in [0.2, 0.25) is 0 Å². The molecule has 0 heterocycles. The van der Waals surface area contributed by atoms with Gasteiger partial charge in [-0.2, -0.15) is 0 Å². The lowest BCUT2D eigenvalue weighted by Crippen LogP contribution is -2.32. The Kier molecular flexibility index (Phi) is 4.69. The molecule has 3 unspecified atom stereocenters. The van der Waals surface area contributed by atoms with Crippen LogP contribution >= 0.6 is 0 Å². The molecular formula is C15H29N. The lowest BCUT2D eigenvalue weighted by molar-refractivity contribution is 0.396. The van der Waals surface area contributed by atoms with E-state index in [1.807, 2.05) is 0 Å². The molecule has 1 nitrogen and oxygen atoms in total. The van der Waals surface area contributed by atoms with Crippen molar-refractivity contribution in [3.63, 3.8) is 0 Å². The maximum absolute atomic E-state index is 3.82. The maximum Gasteiger partial charge on any atom is 0.0101 e. The highest BCUT2D eigenvalue weighted by Gasteiger charge is 2.53. The van der Waals surface area contributed by atoms with Gasteiger partial charge in [0, 0.05) is 6.04 Å². The Balaban J connectivity index is 1.81. The van der Waals surface area contributed by atoms with E-state index in [0.717, 1.165) is 23.8 Å². The minimum atomic E-state index is 0.855. The lowest BCUT2D eigenvalue weighted by atomic mass is 10.0. The second kappa shape index (κ2) is 6.05. The molecule has 1 heteroatoms. The molecule has 1 N–H and O–H groups in total. The van der Waals surface area contributed by atoms with Gasteiger partial charge in [0.1, 0.15) is 0 Å². The van der Waals surface area contributed by atoms with E-state index < -0.39 is 0 Å². The summed E-state index contributed by atoms with van der Waals surface area (Å²) in [7, 11) is 0. The third-order valence-electron chi connectivity index (χ3n) is 4.71. The van der Waals surface area contributed by atoms with Crippen LogP contribution in [0.3, 0.4) is 0 Å². The Hall–Kier alpha value is -0.0400. The van der Waals surface area contributed by atoms with Gasteiger partial charge in [-0.3, -0.25) is 0 Å². The molecule has 0 radical (unpaired) electrons. The standard InChI is InChI=1S/C15H29N/c1-3-5-10-14(16-11-4-2)15-12-8-6-7-9-13(12)15/h12-16H,3-11H2,1-2H3. The van der Waals surface area contributed by atoms with E-state index in [-0.39, 0.29) is 0 Å². The molecule has 0 spiro atoms. The maximum atomic E-state index is 3.82.